The molecule has 0 bridgehead atoms. The number of piperidine rings is 1. The molecule has 0 spiro atoms. The quantitative estimate of drug-likeness (QED) is 0.249. The number of esters is 1. The number of ether oxygens (including phenoxy) is 1. The van der Waals surface area contributed by atoms with Gasteiger partial charge in [0.15, 0.2) is 0 Å². The Morgan fingerprint density at radius 3 is 2.29 bits per heavy atom. The first-order valence-electron chi connectivity index (χ1n) is 11.8. The number of fused-ring (bicyclic) bond motifs is 1. The fourth-order valence-electron chi connectivity index (χ4n) is 4.68. The Morgan fingerprint density at radius 1 is 0.857 bits per heavy atom. The standard InChI is InChI=1S/C29H26N2O4/c32-27(18-23-19-30-26-9-5-4-8-25(23)26)29(34)35-24-12-10-22(11-13-24)28(33)31-16-14-21(15-17-31)20-6-2-1-3-7-20/h1-13,19,21,30H,14-18H2. The van der Waals surface area contributed by atoms with E-state index in [0.29, 0.717) is 24.6 Å². The van der Waals surface area contributed by atoms with Crippen molar-refractivity contribution in [1.82, 2.24) is 9.88 Å². The first kappa shape index (κ1) is 22.6. The van der Waals surface area contributed by atoms with Gasteiger partial charge in [0.1, 0.15) is 5.75 Å². The van der Waals surface area contributed by atoms with Crippen LogP contribution in [0.15, 0.2) is 85.1 Å². The molecule has 1 amide bonds. The zero-order valence-corrected chi connectivity index (χ0v) is 19.3. The molecule has 35 heavy (non-hydrogen) atoms. The van der Waals surface area contributed by atoms with Gasteiger partial charge < -0.3 is 14.6 Å². The minimum absolute atomic E-state index is 0.0372. The number of likely N-dealkylation sites (tertiary alicyclic amines) is 1. The monoisotopic (exact) mass is 466 g/mol. The second-order valence-corrected chi connectivity index (χ2v) is 8.85. The van der Waals surface area contributed by atoms with Crippen molar-refractivity contribution in [3.8, 4) is 5.75 Å². The van der Waals surface area contributed by atoms with Crippen LogP contribution < -0.4 is 4.74 Å². The first-order chi connectivity index (χ1) is 17.1. The van der Waals surface area contributed by atoms with Crippen LogP contribution in [0, 0.1) is 0 Å². The third-order valence-electron chi connectivity index (χ3n) is 6.62. The number of carbonyl (C=O) groups is 3. The number of carbonyl (C=O) groups excluding carboxylic acids is 3. The van der Waals surface area contributed by atoms with Gasteiger partial charge in [-0.25, -0.2) is 4.79 Å². The Morgan fingerprint density at radius 2 is 1.54 bits per heavy atom. The zero-order valence-electron chi connectivity index (χ0n) is 19.3. The predicted molar refractivity (Wildman–Crippen MR) is 133 cm³/mol. The van der Waals surface area contributed by atoms with Crippen LogP contribution >= 0.6 is 0 Å². The number of nitrogens with zero attached hydrogens (tertiary/aromatic N) is 1. The molecule has 1 aliphatic heterocycles. The summed E-state index contributed by atoms with van der Waals surface area (Å²) in [6.07, 6.45) is 3.56. The maximum Gasteiger partial charge on any atom is 0.380 e. The molecule has 6 nitrogen and oxygen atoms in total. The fourth-order valence-corrected chi connectivity index (χ4v) is 4.68. The lowest BCUT2D eigenvalue weighted by molar-refractivity contribution is -0.146. The highest BCUT2D eigenvalue weighted by molar-refractivity contribution is 6.35. The van der Waals surface area contributed by atoms with E-state index in [1.165, 1.54) is 5.56 Å². The number of H-pyrrole nitrogens is 1. The lowest BCUT2D eigenvalue weighted by Gasteiger charge is -2.32. The molecule has 0 unspecified atom stereocenters. The van der Waals surface area contributed by atoms with Crippen molar-refractivity contribution in [1.29, 1.82) is 0 Å². The molecule has 6 heteroatoms. The molecule has 0 atom stereocenters. The molecule has 1 aromatic heterocycles. The number of amides is 1. The lowest BCUT2D eigenvalue weighted by atomic mass is 9.89. The van der Waals surface area contributed by atoms with E-state index < -0.39 is 11.8 Å². The molecule has 0 saturated carbocycles. The van der Waals surface area contributed by atoms with Crippen LogP contribution in [-0.2, 0) is 16.0 Å². The molecular weight excluding hydrogens is 440 g/mol. The van der Waals surface area contributed by atoms with Crippen LogP contribution in [0.4, 0.5) is 0 Å². The normalized spacial score (nSPS) is 14.1. The Kier molecular flexibility index (Phi) is 6.44. The summed E-state index contributed by atoms with van der Waals surface area (Å²) in [5, 5.41) is 0.907. The van der Waals surface area contributed by atoms with E-state index in [-0.39, 0.29) is 18.1 Å². The van der Waals surface area contributed by atoms with Gasteiger partial charge in [-0.3, -0.25) is 9.59 Å². The highest BCUT2D eigenvalue weighted by Gasteiger charge is 2.25. The molecule has 3 aromatic carbocycles. The van der Waals surface area contributed by atoms with Gasteiger partial charge in [0, 0.05) is 42.2 Å². The van der Waals surface area contributed by atoms with Crippen LogP contribution in [0.25, 0.3) is 10.9 Å². The van der Waals surface area contributed by atoms with Crippen molar-refractivity contribution >= 4 is 28.6 Å². The molecule has 2 heterocycles. The van der Waals surface area contributed by atoms with Crippen molar-refractivity contribution in [2.24, 2.45) is 0 Å². The number of hydrogen-bond acceptors (Lipinski definition) is 4. The molecule has 176 valence electrons. The van der Waals surface area contributed by atoms with Gasteiger partial charge in [-0.05, 0) is 60.2 Å². The van der Waals surface area contributed by atoms with Crippen molar-refractivity contribution < 1.29 is 19.1 Å². The first-order valence-corrected chi connectivity index (χ1v) is 11.8. The van der Waals surface area contributed by atoms with E-state index in [1.807, 2.05) is 35.2 Å². The molecule has 0 radical (unpaired) electrons. The zero-order chi connectivity index (χ0) is 24.2. The Labute approximate surface area is 203 Å². The number of para-hydroxylation sites is 1. The third kappa shape index (κ3) is 5.01. The second kappa shape index (κ2) is 9.97. The molecule has 5 rings (SSSR count). The number of nitrogens with one attached hydrogen (secondary N) is 1. The third-order valence-corrected chi connectivity index (χ3v) is 6.62. The molecule has 1 fully saturated rings. The van der Waals surface area contributed by atoms with Crippen molar-refractivity contribution in [3.63, 3.8) is 0 Å². The molecule has 4 aromatic rings. The number of rotatable bonds is 6. The van der Waals surface area contributed by atoms with E-state index >= 15 is 0 Å². The Balaban J connectivity index is 1.15. The molecule has 1 N–H and O–H groups in total. The average molecular weight is 467 g/mol. The van der Waals surface area contributed by atoms with Gasteiger partial charge in [-0.1, -0.05) is 48.5 Å². The highest BCUT2D eigenvalue weighted by atomic mass is 16.5. The van der Waals surface area contributed by atoms with Gasteiger partial charge in [0.05, 0.1) is 0 Å². The van der Waals surface area contributed by atoms with Gasteiger partial charge >= 0.3 is 5.97 Å². The van der Waals surface area contributed by atoms with Gasteiger partial charge in [-0.15, -0.1) is 0 Å². The van der Waals surface area contributed by atoms with Crippen molar-refractivity contribution in [3.05, 3.63) is 102 Å². The number of Topliss-reactive ketones (excluding diaryl/α,β-unsaturated/α-hetero) is 1. The van der Waals surface area contributed by atoms with Gasteiger partial charge in [-0.2, -0.15) is 0 Å². The summed E-state index contributed by atoms with van der Waals surface area (Å²) in [7, 11) is 0. The minimum atomic E-state index is -0.919. The van der Waals surface area contributed by atoms with Crippen LogP contribution in [0.5, 0.6) is 5.75 Å². The Hall–Kier alpha value is -4.19. The predicted octanol–water partition coefficient (Wildman–Crippen LogP) is 4.90. The summed E-state index contributed by atoms with van der Waals surface area (Å²) in [5.74, 6) is -0.871. The summed E-state index contributed by atoms with van der Waals surface area (Å²) in [6, 6.07) is 24.4. The van der Waals surface area contributed by atoms with E-state index in [1.54, 1.807) is 30.5 Å². The number of benzene rings is 3. The largest absolute Gasteiger partial charge is 0.421 e. The van der Waals surface area contributed by atoms with Crippen LogP contribution in [0.1, 0.15) is 40.2 Å². The molecule has 1 aliphatic rings. The summed E-state index contributed by atoms with van der Waals surface area (Å²) < 4.78 is 5.26. The summed E-state index contributed by atoms with van der Waals surface area (Å²) in [4.78, 5) is 42.6. The lowest BCUT2D eigenvalue weighted by Crippen LogP contribution is -2.37. The van der Waals surface area contributed by atoms with E-state index in [9.17, 15) is 14.4 Å². The number of aromatic nitrogens is 1. The maximum absolute atomic E-state index is 12.9. The topological polar surface area (TPSA) is 79.5 Å². The van der Waals surface area contributed by atoms with E-state index in [2.05, 4.69) is 29.2 Å². The van der Waals surface area contributed by atoms with Crippen molar-refractivity contribution in [2.75, 3.05) is 13.1 Å². The average Bonchev–Trinajstić information content (AvgIpc) is 3.32. The van der Waals surface area contributed by atoms with Gasteiger partial charge in [0.2, 0.25) is 5.78 Å². The van der Waals surface area contributed by atoms with E-state index in [4.69, 9.17) is 4.74 Å². The van der Waals surface area contributed by atoms with Gasteiger partial charge in [0.25, 0.3) is 5.91 Å². The number of hydrogen-bond donors (Lipinski definition) is 1. The summed E-state index contributed by atoms with van der Waals surface area (Å²) in [5.41, 5.74) is 3.52. The highest BCUT2D eigenvalue weighted by Crippen LogP contribution is 2.28. The smallest absolute Gasteiger partial charge is 0.380 e. The molecular formula is C29H26N2O4. The summed E-state index contributed by atoms with van der Waals surface area (Å²) >= 11 is 0. The Bertz CT molecular complexity index is 1350. The SMILES string of the molecule is O=C(Cc1c[nH]c2ccccc12)C(=O)Oc1ccc(C(=O)N2CCC(c3ccccc3)CC2)cc1. The fraction of sp³-hybridized carbons (Fsp3) is 0.207. The van der Waals surface area contributed by atoms with Crippen LogP contribution in [0.3, 0.4) is 0 Å². The van der Waals surface area contributed by atoms with Crippen molar-refractivity contribution in [2.45, 2.75) is 25.2 Å². The summed E-state index contributed by atoms with van der Waals surface area (Å²) in [6.45, 7) is 1.41. The minimum Gasteiger partial charge on any atom is -0.421 e. The van der Waals surface area contributed by atoms with Crippen LogP contribution in [0.2, 0.25) is 0 Å². The molecule has 0 aliphatic carbocycles. The number of ketones is 1. The van der Waals surface area contributed by atoms with E-state index in [0.717, 1.165) is 29.3 Å². The molecule has 1 saturated heterocycles. The number of aromatic amines is 1. The van der Waals surface area contributed by atoms with Crippen LogP contribution in [-0.4, -0.2) is 40.6 Å². The maximum atomic E-state index is 12.9. The second-order valence-electron chi connectivity index (χ2n) is 8.85.